The molecule has 23 heavy (non-hydrogen) atoms. The first-order valence-corrected chi connectivity index (χ1v) is 8.41. The summed E-state index contributed by atoms with van der Waals surface area (Å²) in [6, 6.07) is 2.06. The Hall–Kier alpha value is -2.29. The first kappa shape index (κ1) is 14.3. The van der Waals surface area contributed by atoms with Gasteiger partial charge in [-0.05, 0) is 31.2 Å². The summed E-state index contributed by atoms with van der Waals surface area (Å²) >= 11 is 0. The first-order chi connectivity index (χ1) is 11.3. The van der Waals surface area contributed by atoms with Crippen LogP contribution in [-0.4, -0.2) is 46.1 Å². The Morgan fingerprint density at radius 1 is 1.35 bits per heavy atom. The maximum absolute atomic E-state index is 7.38. The molecule has 0 aliphatic carbocycles. The maximum Gasteiger partial charge on any atom is 0.142 e. The van der Waals surface area contributed by atoms with Crippen molar-refractivity contribution in [1.82, 2.24) is 20.0 Å². The molecule has 0 amide bonds. The third-order valence-electron chi connectivity index (χ3n) is 5.83. The summed E-state index contributed by atoms with van der Waals surface area (Å²) in [5, 5.41) is 3.02. The van der Waals surface area contributed by atoms with Gasteiger partial charge in [-0.25, -0.2) is 9.97 Å². The second-order valence-electron chi connectivity index (χ2n) is 6.84. The molecule has 0 spiro atoms. The quantitative estimate of drug-likeness (QED) is 0.867. The standard InChI is InChI=1S/C17H22N6/c1-3-17-10-22(8-5-13(17)6-9-23(11-17)18-2)16-14-4-7-19-15(14)20-12-21-16/h4,7,12-13H,3,5-6,8-11H2,1H3,(H,19,20,21)/t13-,17+/m1/s1. The summed E-state index contributed by atoms with van der Waals surface area (Å²) in [6.07, 6.45) is 7.02. The summed E-state index contributed by atoms with van der Waals surface area (Å²) in [7, 11) is 0. The average Bonchev–Trinajstić information content (AvgIpc) is 3.09. The monoisotopic (exact) mass is 310 g/mol. The Bertz CT molecular complexity index is 747. The van der Waals surface area contributed by atoms with Crippen LogP contribution in [0.3, 0.4) is 0 Å². The van der Waals surface area contributed by atoms with Crippen LogP contribution in [0.15, 0.2) is 18.6 Å². The summed E-state index contributed by atoms with van der Waals surface area (Å²) in [5.41, 5.74) is 1.10. The summed E-state index contributed by atoms with van der Waals surface area (Å²) in [5.74, 6) is 1.76. The van der Waals surface area contributed by atoms with Gasteiger partial charge >= 0.3 is 0 Å². The summed E-state index contributed by atoms with van der Waals surface area (Å²) in [4.78, 5) is 18.1. The molecular weight excluding hydrogens is 288 g/mol. The number of nitrogens with one attached hydrogen (secondary N) is 1. The van der Waals surface area contributed by atoms with Crippen molar-refractivity contribution in [3.8, 4) is 0 Å². The minimum absolute atomic E-state index is 0.203. The largest absolute Gasteiger partial charge is 0.355 e. The van der Waals surface area contributed by atoms with Crippen LogP contribution in [0.25, 0.3) is 16.0 Å². The van der Waals surface area contributed by atoms with Gasteiger partial charge in [0, 0.05) is 24.7 Å². The molecule has 2 aliphatic rings. The third-order valence-corrected chi connectivity index (χ3v) is 5.83. The number of fused-ring (bicyclic) bond motifs is 2. The maximum atomic E-state index is 7.38. The van der Waals surface area contributed by atoms with E-state index in [1.54, 1.807) is 6.33 Å². The van der Waals surface area contributed by atoms with Crippen molar-refractivity contribution in [2.45, 2.75) is 26.2 Å². The minimum Gasteiger partial charge on any atom is -0.355 e. The second-order valence-corrected chi connectivity index (χ2v) is 6.84. The molecule has 6 nitrogen and oxygen atoms in total. The Morgan fingerprint density at radius 2 is 2.22 bits per heavy atom. The molecular formula is C17H22N6. The van der Waals surface area contributed by atoms with Gasteiger partial charge in [0.25, 0.3) is 0 Å². The predicted molar refractivity (Wildman–Crippen MR) is 89.7 cm³/mol. The van der Waals surface area contributed by atoms with Gasteiger partial charge in [-0.15, -0.1) is 5.01 Å². The van der Waals surface area contributed by atoms with E-state index >= 15 is 0 Å². The van der Waals surface area contributed by atoms with Gasteiger partial charge < -0.3 is 9.88 Å². The molecule has 4 rings (SSSR count). The molecule has 2 aliphatic heterocycles. The van der Waals surface area contributed by atoms with Crippen molar-refractivity contribution in [2.24, 2.45) is 11.3 Å². The number of hydrogen-bond donors (Lipinski definition) is 1. The van der Waals surface area contributed by atoms with Gasteiger partial charge in [0.2, 0.25) is 0 Å². The number of hydrogen-bond acceptors (Lipinski definition) is 4. The highest BCUT2D eigenvalue weighted by Crippen LogP contribution is 2.45. The summed E-state index contributed by atoms with van der Waals surface area (Å²) in [6.45, 7) is 13.5. The topological polar surface area (TPSA) is 52.4 Å². The van der Waals surface area contributed by atoms with Crippen molar-refractivity contribution in [1.29, 1.82) is 0 Å². The molecule has 2 saturated heterocycles. The van der Waals surface area contributed by atoms with Crippen molar-refractivity contribution < 1.29 is 0 Å². The van der Waals surface area contributed by atoms with E-state index in [-0.39, 0.29) is 5.41 Å². The smallest absolute Gasteiger partial charge is 0.142 e. The highest BCUT2D eigenvalue weighted by atomic mass is 15.4. The molecule has 2 aromatic heterocycles. The zero-order valence-electron chi connectivity index (χ0n) is 13.5. The fourth-order valence-electron chi connectivity index (χ4n) is 4.47. The van der Waals surface area contributed by atoms with Gasteiger partial charge in [0.05, 0.1) is 18.5 Å². The van der Waals surface area contributed by atoms with E-state index in [9.17, 15) is 0 Å². The third kappa shape index (κ3) is 2.23. The lowest BCUT2D eigenvalue weighted by atomic mass is 9.65. The van der Waals surface area contributed by atoms with E-state index in [1.165, 1.54) is 6.42 Å². The zero-order valence-corrected chi connectivity index (χ0v) is 13.5. The lowest BCUT2D eigenvalue weighted by Gasteiger charge is -2.51. The van der Waals surface area contributed by atoms with Crippen molar-refractivity contribution in [2.75, 3.05) is 31.1 Å². The van der Waals surface area contributed by atoms with Crippen LogP contribution < -0.4 is 4.90 Å². The number of anilines is 1. The normalized spacial score (nSPS) is 27.7. The van der Waals surface area contributed by atoms with E-state index in [4.69, 9.17) is 6.57 Å². The Kier molecular flexibility index (Phi) is 3.37. The molecule has 120 valence electrons. The average molecular weight is 310 g/mol. The Morgan fingerprint density at radius 3 is 3.04 bits per heavy atom. The lowest BCUT2D eigenvalue weighted by molar-refractivity contribution is 0.0309. The number of aromatic amines is 1. The molecule has 0 radical (unpaired) electrons. The van der Waals surface area contributed by atoms with Crippen LogP contribution in [0.1, 0.15) is 26.2 Å². The lowest BCUT2D eigenvalue weighted by Crippen LogP contribution is -2.56. The van der Waals surface area contributed by atoms with Crippen molar-refractivity contribution in [3.05, 3.63) is 30.1 Å². The van der Waals surface area contributed by atoms with Crippen molar-refractivity contribution >= 4 is 16.9 Å². The number of piperidine rings is 2. The fourth-order valence-corrected chi connectivity index (χ4v) is 4.47. The zero-order chi connectivity index (χ0) is 15.9. The van der Waals surface area contributed by atoms with Crippen LogP contribution >= 0.6 is 0 Å². The molecule has 2 atom stereocenters. The van der Waals surface area contributed by atoms with E-state index < -0.39 is 0 Å². The predicted octanol–water partition coefficient (Wildman–Crippen LogP) is 2.72. The molecule has 0 saturated carbocycles. The first-order valence-electron chi connectivity index (χ1n) is 8.41. The second kappa shape index (κ2) is 5.41. The van der Waals surface area contributed by atoms with Crippen LogP contribution in [0.5, 0.6) is 0 Å². The molecule has 2 aromatic rings. The van der Waals surface area contributed by atoms with Gasteiger partial charge in [-0.3, -0.25) is 0 Å². The van der Waals surface area contributed by atoms with Crippen LogP contribution in [0, 0.1) is 17.9 Å². The van der Waals surface area contributed by atoms with Gasteiger partial charge in [-0.2, -0.15) is 11.5 Å². The van der Waals surface area contributed by atoms with Crippen molar-refractivity contribution in [3.63, 3.8) is 0 Å². The number of rotatable bonds is 2. The molecule has 0 unspecified atom stereocenters. The molecule has 4 heterocycles. The highest BCUT2D eigenvalue weighted by Gasteiger charge is 2.47. The van der Waals surface area contributed by atoms with Gasteiger partial charge in [0.15, 0.2) is 0 Å². The Balaban J connectivity index is 1.68. The van der Waals surface area contributed by atoms with E-state index in [0.29, 0.717) is 0 Å². The highest BCUT2D eigenvalue weighted by molar-refractivity contribution is 5.87. The number of nitrogens with zero attached hydrogens (tertiary/aromatic N) is 5. The van der Waals surface area contributed by atoms with E-state index in [1.807, 2.05) is 11.2 Å². The molecule has 6 heteroatoms. The van der Waals surface area contributed by atoms with Crippen LogP contribution in [0.4, 0.5) is 5.82 Å². The van der Waals surface area contributed by atoms with E-state index in [2.05, 4.69) is 37.8 Å². The number of H-pyrrole nitrogens is 1. The Labute approximate surface area is 136 Å². The van der Waals surface area contributed by atoms with E-state index in [0.717, 1.165) is 61.8 Å². The SMILES string of the molecule is [C-]#[N+]N1CC[C@H]2CCN(c3ncnc4[nH]ccc34)C[C@@]2(CC)C1. The molecule has 0 bridgehead atoms. The summed E-state index contributed by atoms with van der Waals surface area (Å²) < 4.78 is 0. The van der Waals surface area contributed by atoms with Crippen LogP contribution in [-0.2, 0) is 0 Å². The molecule has 1 N–H and O–H groups in total. The minimum atomic E-state index is 0.203. The van der Waals surface area contributed by atoms with Crippen LogP contribution in [0.2, 0.25) is 0 Å². The van der Waals surface area contributed by atoms with Gasteiger partial charge in [-0.1, -0.05) is 6.92 Å². The molecule has 0 aromatic carbocycles. The number of aromatic nitrogens is 3. The fraction of sp³-hybridized carbons (Fsp3) is 0.588. The molecule has 2 fully saturated rings. The van der Waals surface area contributed by atoms with Gasteiger partial charge in [0.1, 0.15) is 17.8 Å².